The van der Waals surface area contributed by atoms with Gasteiger partial charge in [-0.1, -0.05) is 12.1 Å². The average molecular weight is 294 g/mol. The highest BCUT2D eigenvalue weighted by Gasteiger charge is 2.29. The molecule has 0 radical (unpaired) electrons. The summed E-state index contributed by atoms with van der Waals surface area (Å²) in [6, 6.07) is 7.51. The van der Waals surface area contributed by atoms with E-state index in [9.17, 15) is 9.59 Å². The van der Waals surface area contributed by atoms with Crippen molar-refractivity contribution in [3.8, 4) is 5.75 Å². The van der Waals surface area contributed by atoms with Gasteiger partial charge < -0.3 is 14.2 Å². The van der Waals surface area contributed by atoms with Gasteiger partial charge in [0.1, 0.15) is 5.75 Å². The Bertz CT molecular complexity index is 434. The minimum Gasteiger partial charge on any atom is -0.497 e. The van der Waals surface area contributed by atoms with Crippen LogP contribution in [0.15, 0.2) is 24.3 Å². The molecular weight excluding hydrogens is 272 g/mol. The molecule has 0 amide bonds. The molecule has 21 heavy (non-hydrogen) atoms. The van der Waals surface area contributed by atoms with Gasteiger partial charge in [-0.25, -0.2) is 0 Å². The van der Waals surface area contributed by atoms with Crippen LogP contribution in [0.2, 0.25) is 0 Å². The van der Waals surface area contributed by atoms with Crippen LogP contribution >= 0.6 is 0 Å². The summed E-state index contributed by atoms with van der Waals surface area (Å²) in [4.78, 5) is 23.7. The summed E-state index contributed by atoms with van der Waals surface area (Å²) in [6.07, 6.45) is 0.955. The highest BCUT2D eigenvalue weighted by molar-refractivity contribution is 5.94. The lowest BCUT2D eigenvalue weighted by Gasteiger charge is -2.14. The lowest BCUT2D eigenvalue weighted by atomic mass is 9.99. The maximum absolute atomic E-state index is 11.8. The zero-order valence-electron chi connectivity index (χ0n) is 12.8. The van der Waals surface area contributed by atoms with Crippen molar-refractivity contribution >= 4 is 11.9 Å². The van der Waals surface area contributed by atoms with Crippen molar-refractivity contribution in [2.45, 2.75) is 26.7 Å². The molecule has 0 N–H and O–H groups in total. The van der Waals surface area contributed by atoms with E-state index in [1.165, 1.54) is 0 Å². The summed E-state index contributed by atoms with van der Waals surface area (Å²) in [7, 11) is 1.60. The Hall–Kier alpha value is -2.04. The third-order valence-corrected chi connectivity index (χ3v) is 3.02. The molecular formula is C16H22O5. The monoisotopic (exact) mass is 294 g/mol. The second-order valence-corrected chi connectivity index (χ2v) is 4.44. The lowest BCUT2D eigenvalue weighted by Crippen LogP contribution is -2.28. The Morgan fingerprint density at radius 3 is 1.95 bits per heavy atom. The molecule has 116 valence electrons. The molecule has 1 aromatic rings. The smallest absolute Gasteiger partial charge is 0.320 e. The first-order chi connectivity index (χ1) is 10.1. The van der Waals surface area contributed by atoms with Crippen LogP contribution in [-0.2, 0) is 25.5 Å². The van der Waals surface area contributed by atoms with Gasteiger partial charge in [0.25, 0.3) is 0 Å². The molecule has 0 aliphatic heterocycles. The molecule has 0 unspecified atom stereocenters. The van der Waals surface area contributed by atoms with Crippen LogP contribution in [0.25, 0.3) is 0 Å². The van der Waals surface area contributed by atoms with Crippen LogP contribution in [0.5, 0.6) is 5.75 Å². The van der Waals surface area contributed by atoms with Crippen LogP contribution in [0.1, 0.15) is 25.8 Å². The minimum atomic E-state index is -0.869. The molecule has 0 saturated heterocycles. The van der Waals surface area contributed by atoms with E-state index in [-0.39, 0.29) is 13.2 Å². The summed E-state index contributed by atoms with van der Waals surface area (Å²) in [5.74, 6) is -1.15. The van der Waals surface area contributed by atoms with E-state index in [1.54, 1.807) is 21.0 Å². The largest absolute Gasteiger partial charge is 0.497 e. The maximum Gasteiger partial charge on any atom is 0.320 e. The Labute approximate surface area is 125 Å². The molecule has 0 heterocycles. The van der Waals surface area contributed by atoms with E-state index in [1.807, 2.05) is 24.3 Å². The molecule has 0 aromatic heterocycles. The van der Waals surface area contributed by atoms with Gasteiger partial charge in [0.2, 0.25) is 0 Å². The van der Waals surface area contributed by atoms with Crippen molar-refractivity contribution in [1.29, 1.82) is 0 Å². The van der Waals surface area contributed by atoms with E-state index < -0.39 is 17.9 Å². The van der Waals surface area contributed by atoms with Gasteiger partial charge >= 0.3 is 11.9 Å². The summed E-state index contributed by atoms with van der Waals surface area (Å²) >= 11 is 0. The van der Waals surface area contributed by atoms with Crippen LogP contribution < -0.4 is 4.74 Å². The van der Waals surface area contributed by atoms with Gasteiger partial charge in [-0.3, -0.25) is 9.59 Å². The predicted molar refractivity (Wildman–Crippen MR) is 78.1 cm³/mol. The molecule has 0 atom stereocenters. The molecule has 1 rings (SSSR count). The summed E-state index contributed by atoms with van der Waals surface area (Å²) < 4.78 is 15.0. The van der Waals surface area contributed by atoms with Gasteiger partial charge in [-0.05, 0) is 44.4 Å². The van der Waals surface area contributed by atoms with Crippen molar-refractivity contribution < 1.29 is 23.8 Å². The van der Waals surface area contributed by atoms with E-state index in [0.717, 1.165) is 11.3 Å². The van der Waals surface area contributed by atoms with Crippen molar-refractivity contribution in [3.05, 3.63) is 29.8 Å². The standard InChI is InChI=1S/C16H22O5/c1-4-20-15(17)14(16(18)21-5-2)11-8-12-6-9-13(19-3)10-7-12/h6-7,9-10,14H,4-5,8,11H2,1-3H3. The van der Waals surface area contributed by atoms with Crippen molar-refractivity contribution in [3.63, 3.8) is 0 Å². The molecule has 1 aromatic carbocycles. The van der Waals surface area contributed by atoms with Crippen molar-refractivity contribution in [2.75, 3.05) is 20.3 Å². The summed E-state index contributed by atoms with van der Waals surface area (Å²) in [6.45, 7) is 3.92. The van der Waals surface area contributed by atoms with Crippen molar-refractivity contribution in [1.82, 2.24) is 0 Å². The van der Waals surface area contributed by atoms with Gasteiger partial charge in [0, 0.05) is 0 Å². The van der Waals surface area contributed by atoms with Crippen LogP contribution in [-0.4, -0.2) is 32.3 Å². The molecule has 0 aliphatic carbocycles. The quantitative estimate of drug-likeness (QED) is 0.544. The first-order valence-electron chi connectivity index (χ1n) is 7.08. The number of hydrogen-bond acceptors (Lipinski definition) is 5. The maximum atomic E-state index is 11.8. The number of carbonyl (C=O) groups is 2. The average Bonchev–Trinajstić information content (AvgIpc) is 2.48. The fourth-order valence-electron chi connectivity index (χ4n) is 1.92. The zero-order chi connectivity index (χ0) is 15.7. The topological polar surface area (TPSA) is 61.8 Å². The Kier molecular flexibility index (Phi) is 7.29. The third-order valence-electron chi connectivity index (χ3n) is 3.02. The van der Waals surface area contributed by atoms with E-state index in [2.05, 4.69) is 0 Å². The van der Waals surface area contributed by atoms with Gasteiger partial charge in [-0.15, -0.1) is 0 Å². The first kappa shape index (κ1) is 17.0. The number of benzene rings is 1. The molecule has 5 heteroatoms. The summed E-state index contributed by atoms with van der Waals surface area (Å²) in [5.41, 5.74) is 1.02. The highest BCUT2D eigenvalue weighted by Crippen LogP contribution is 2.17. The second-order valence-electron chi connectivity index (χ2n) is 4.44. The Morgan fingerprint density at radius 2 is 1.52 bits per heavy atom. The molecule has 0 bridgehead atoms. The van der Waals surface area contributed by atoms with E-state index in [0.29, 0.717) is 12.8 Å². The number of esters is 2. The minimum absolute atomic E-state index is 0.247. The second kappa shape index (κ2) is 9.00. The molecule has 0 spiro atoms. The fraction of sp³-hybridized carbons (Fsp3) is 0.500. The molecule has 0 aliphatic rings. The highest BCUT2D eigenvalue weighted by atomic mass is 16.6. The normalized spacial score (nSPS) is 10.3. The van der Waals surface area contributed by atoms with Crippen LogP contribution in [0, 0.1) is 5.92 Å². The predicted octanol–water partition coefficient (Wildman–Crippen LogP) is 2.37. The number of ether oxygens (including phenoxy) is 3. The first-order valence-corrected chi connectivity index (χ1v) is 7.08. The number of methoxy groups -OCH3 is 1. The number of rotatable bonds is 8. The molecule has 0 saturated carbocycles. The van der Waals surface area contributed by atoms with Crippen molar-refractivity contribution in [2.24, 2.45) is 5.92 Å². The van der Waals surface area contributed by atoms with Gasteiger partial charge in [-0.2, -0.15) is 0 Å². The molecule has 0 fully saturated rings. The Morgan fingerprint density at radius 1 is 1.00 bits per heavy atom. The third kappa shape index (κ3) is 5.45. The van der Waals surface area contributed by atoms with E-state index >= 15 is 0 Å². The van der Waals surface area contributed by atoms with Gasteiger partial charge in [0.05, 0.1) is 20.3 Å². The van der Waals surface area contributed by atoms with Gasteiger partial charge in [0.15, 0.2) is 5.92 Å². The number of hydrogen-bond donors (Lipinski definition) is 0. The molecule has 5 nitrogen and oxygen atoms in total. The number of carbonyl (C=O) groups excluding carboxylic acids is 2. The number of aryl methyl sites for hydroxylation is 1. The summed E-state index contributed by atoms with van der Waals surface area (Å²) in [5, 5.41) is 0. The fourth-order valence-corrected chi connectivity index (χ4v) is 1.92. The van der Waals surface area contributed by atoms with Crippen LogP contribution in [0.3, 0.4) is 0 Å². The van der Waals surface area contributed by atoms with E-state index in [4.69, 9.17) is 14.2 Å². The Balaban J connectivity index is 2.66. The SMILES string of the molecule is CCOC(=O)C(CCc1ccc(OC)cc1)C(=O)OCC. The zero-order valence-corrected chi connectivity index (χ0v) is 12.8. The lowest BCUT2D eigenvalue weighted by molar-refractivity contribution is -0.161. The van der Waals surface area contributed by atoms with Crippen LogP contribution in [0.4, 0.5) is 0 Å².